The molecule has 0 bridgehead atoms. The molecule has 1 unspecified atom stereocenters. The van der Waals surface area contributed by atoms with Gasteiger partial charge >= 0.3 is 6.03 Å². The summed E-state index contributed by atoms with van der Waals surface area (Å²) in [6, 6.07) is 5.18. The lowest BCUT2D eigenvalue weighted by Gasteiger charge is -2.14. The van der Waals surface area contributed by atoms with Crippen LogP contribution >= 0.6 is 23.2 Å². The van der Waals surface area contributed by atoms with Crippen LogP contribution in [-0.2, 0) is 6.42 Å². The number of hydrogen-bond donors (Lipinski definition) is 3. The molecule has 1 aromatic rings. The summed E-state index contributed by atoms with van der Waals surface area (Å²) in [5, 5.41) is 15.5. The van der Waals surface area contributed by atoms with Crippen LogP contribution in [0.4, 0.5) is 4.79 Å². The molecule has 3 N–H and O–H groups in total. The second-order valence-electron chi connectivity index (χ2n) is 4.69. The molecule has 2 amide bonds. The Bertz CT molecular complexity index is 421. The number of urea groups is 1. The molecule has 0 aliphatic rings. The summed E-state index contributed by atoms with van der Waals surface area (Å²) in [5.41, 5.74) is 0.983. The molecule has 1 rings (SSSR count). The van der Waals surface area contributed by atoms with Gasteiger partial charge in [0, 0.05) is 29.2 Å². The number of benzene rings is 1. The highest BCUT2D eigenvalue weighted by Gasteiger charge is 2.06. The minimum Gasteiger partial charge on any atom is -0.396 e. The van der Waals surface area contributed by atoms with Gasteiger partial charge in [0.05, 0.1) is 0 Å². The lowest BCUT2D eigenvalue weighted by molar-refractivity contribution is 0.234. The van der Waals surface area contributed by atoms with E-state index in [4.69, 9.17) is 28.3 Å². The molecule has 0 aliphatic carbocycles. The van der Waals surface area contributed by atoms with Gasteiger partial charge in [0.25, 0.3) is 0 Å². The summed E-state index contributed by atoms with van der Waals surface area (Å²) in [5.74, 6) is 0. The van der Waals surface area contributed by atoms with Crippen molar-refractivity contribution in [2.75, 3.05) is 13.2 Å². The van der Waals surface area contributed by atoms with Crippen LogP contribution in [0.25, 0.3) is 0 Å². The van der Waals surface area contributed by atoms with E-state index in [1.165, 1.54) is 0 Å². The molecule has 112 valence electrons. The van der Waals surface area contributed by atoms with E-state index in [-0.39, 0.29) is 18.7 Å². The summed E-state index contributed by atoms with van der Waals surface area (Å²) in [6.07, 6.45) is 2.11. The van der Waals surface area contributed by atoms with E-state index >= 15 is 0 Å². The van der Waals surface area contributed by atoms with Crippen LogP contribution in [0.2, 0.25) is 10.0 Å². The van der Waals surface area contributed by atoms with Crippen molar-refractivity contribution in [1.29, 1.82) is 0 Å². The van der Waals surface area contributed by atoms with Gasteiger partial charge in [-0.2, -0.15) is 0 Å². The number of aliphatic hydroxyl groups is 1. The van der Waals surface area contributed by atoms with E-state index in [1.807, 2.05) is 19.1 Å². The second kappa shape index (κ2) is 9.06. The van der Waals surface area contributed by atoms with E-state index < -0.39 is 0 Å². The van der Waals surface area contributed by atoms with E-state index in [0.29, 0.717) is 29.4 Å². The summed E-state index contributed by atoms with van der Waals surface area (Å²) in [7, 11) is 0. The van der Waals surface area contributed by atoms with Gasteiger partial charge in [-0.3, -0.25) is 0 Å². The quantitative estimate of drug-likeness (QED) is 0.723. The van der Waals surface area contributed by atoms with Crippen molar-refractivity contribution in [2.45, 2.75) is 32.2 Å². The van der Waals surface area contributed by atoms with E-state index in [2.05, 4.69) is 10.6 Å². The summed E-state index contributed by atoms with van der Waals surface area (Å²) < 4.78 is 0. The number of nitrogens with one attached hydrogen (secondary N) is 2. The Labute approximate surface area is 129 Å². The number of carbonyl (C=O) groups is 1. The molecular formula is C14H20Cl2N2O2. The van der Waals surface area contributed by atoms with Crippen LogP contribution < -0.4 is 10.6 Å². The number of rotatable bonds is 7. The smallest absolute Gasteiger partial charge is 0.315 e. The predicted octanol–water partition coefficient (Wildman–Crippen LogP) is 3.00. The molecule has 6 heteroatoms. The molecule has 0 heterocycles. The van der Waals surface area contributed by atoms with Gasteiger partial charge in [-0.05, 0) is 49.9 Å². The number of carbonyl (C=O) groups excluding carboxylic acids is 1. The van der Waals surface area contributed by atoms with Crippen LogP contribution in [-0.4, -0.2) is 30.3 Å². The molecule has 0 radical (unpaired) electrons. The number of halogens is 2. The largest absolute Gasteiger partial charge is 0.396 e. The van der Waals surface area contributed by atoms with Crippen molar-refractivity contribution >= 4 is 29.2 Å². The first-order valence-corrected chi connectivity index (χ1v) is 7.37. The third-order valence-corrected chi connectivity index (χ3v) is 3.23. The second-order valence-corrected chi connectivity index (χ2v) is 5.57. The Morgan fingerprint density at radius 2 is 1.95 bits per heavy atom. The van der Waals surface area contributed by atoms with Crippen LogP contribution in [0.3, 0.4) is 0 Å². The minimum atomic E-state index is -0.205. The van der Waals surface area contributed by atoms with Crippen molar-refractivity contribution in [2.24, 2.45) is 0 Å². The van der Waals surface area contributed by atoms with Crippen LogP contribution in [0.1, 0.15) is 25.3 Å². The average molecular weight is 319 g/mol. The van der Waals surface area contributed by atoms with Crippen LogP contribution in [0.5, 0.6) is 0 Å². The zero-order valence-corrected chi connectivity index (χ0v) is 13.0. The first-order chi connectivity index (χ1) is 9.51. The Hall–Kier alpha value is -0.970. The number of hydrogen-bond acceptors (Lipinski definition) is 2. The third kappa shape index (κ3) is 6.98. The van der Waals surface area contributed by atoms with Crippen molar-refractivity contribution in [1.82, 2.24) is 10.6 Å². The Morgan fingerprint density at radius 1 is 1.30 bits per heavy atom. The van der Waals surface area contributed by atoms with Crippen molar-refractivity contribution in [3.05, 3.63) is 33.8 Å². The van der Waals surface area contributed by atoms with Crippen molar-refractivity contribution < 1.29 is 9.90 Å². The average Bonchev–Trinajstić information content (AvgIpc) is 2.35. The normalized spacial score (nSPS) is 12.0. The monoisotopic (exact) mass is 318 g/mol. The fourth-order valence-electron chi connectivity index (χ4n) is 1.82. The molecular weight excluding hydrogens is 299 g/mol. The Morgan fingerprint density at radius 3 is 2.55 bits per heavy atom. The van der Waals surface area contributed by atoms with Crippen molar-refractivity contribution in [3.8, 4) is 0 Å². The molecule has 0 saturated heterocycles. The van der Waals surface area contributed by atoms with Gasteiger partial charge in [0.15, 0.2) is 0 Å². The first-order valence-electron chi connectivity index (χ1n) is 6.61. The number of amides is 2. The fraction of sp³-hybridized carbons (Fsp3) is 0.500. The zero-order valence-electron chi connectivity index (χ0n) is 11.5. The van der Waals surface area contributed by atoms with Gasteiger partial charge < -0.3 is 15.7 Å². The first kappa shape index (κ1) is 17.1. The lowest BCUT2D eigenvalue weighted by atomic mass is 10.1. The molecule has 0 aliphatic heterocycles. The maximum Gasteiger partial charge on any atom is 0.315 e. The summed E-state index contributed by atoms with van der Waals surface area (Å²) in [4.78, 5) is 11.6. The van der Waals surface area contributed by atoms with Crippen LogP contribution in [0.15, 0.2) is 18.2 Å². The molecule has 1 atom stereocenters. The Kier molecular flexibility index (Phi) is 7.73. The van der Waals surface area contributed by atoms with Gasteiger partial charge in [-0.15, -0.1) is 0 Å². The minimum absolute atomic E-state index is 0.0442. The van der Waals surface area contributed by atoms with Gasteiger partial charge in [-0.25, -0.2) is 4.79 Å². The lowest BCUT2D eigenvalue weighted by Crippen LogP contribution is -2.41. The third-order valence-electron chi connectivity index (χ3n) is 2.79. The maximum absolute atomic E-state index is 11.6. The van der Waals surface area contributed by atoms with E-state index in [1.54, 1.807) is 6.07 Å². The molecule has 0 aromatic heterocycles. The number of aliphatic hydroxyl groups excluding tert-OH is 1. The SMILES string of the molecule is CC(CCCO)NC(=O)NCCc1cc(Cl)cc(Cl)c1. The highest BCUT2D eigenvalue weighted by atomic mass is 35.5. The van der Waals surface area contributed by atoms with E-state index in [9.17, 15) is 4.79 Å². The fourth-order valence-corrected chi connectivity index (χ4v) is 2.39. The van der Waals surface area contributed by atoms with E-state index in [0.717, 1.165) is 12.0 Å². The molecule has 0 spiro atoms. The van der Waals surface area contributed by atoms with Gasteiger partial charge in [0.2, 0.25) is 0 Å². The molecule has 0 saturated carbocycles. The maximum atomic E-state index is 11.6. The molecule has 1 aromatic carbocycles. The van der Waals surface area contributed by atoms with Gasteiger partial charge in [-0.1, -0.05) is 23.2 Å². The van der Waals surface area contributed by atoms with Crippen LogP contribution in [0, 0.1) is 0 Å². The topological polar surface area (TPSA) is 61.4 Å². The summed E-state index contributed by atoms with van der Waals surface area (Å²) in [6.45, 7) is 2.56. The summed E-state index contributed by atoms with van der Waals surface area (Å²) >= 11 is 11.8. The highest BCUT2D eigenvalue weighted by Crippen LogP contribution is 2.19. The molecule has 4 nitrogen and oxygen atoms in total. The van der Waals surface area contributed by atoms with Gasteiger partial charge in [0.1, 0.15) is 0 Å². The van der Waals surface area contributed by atoms with Crippen molar-refractivity contribution in [3.63, 3.8) is 0 Å². The molecule has 0 fully saturated rings. The predicted molar refractivity (Wildman–Crippen MR) is 82.5 cm³/mol. The molecule has 20 heavy (non-hydrogen) atoms. The Balaban J connectivity index is 2.27. The standard InChI is InChI=1S/C14H20Cl2N2O2/c1-10(3-2-6-19)18-14(20)17-5-4-11-7-12(15)9-13(16)8-11/h7-10,19H,2-6H2,1H3,(H2,17,18,20). The highest BCUT2D eigenvalue weighted by molar-refractivity contribution is 6.34. The zero-order chi connectivity index (χ0) is 15.0.